The Morgan fingerprint density at radius 1 is 1.57 bits per heavy atom. The first kappa shape index (κ1) is 15.0. The summed E-state index contributed by atoms with van der Waals surface area (Å²) in [5.74, 6) is -0.259. The van der Waals surface area contributed by atoms with Gasteiger partial charge < -0.3 is 10.3 Å². The molecular formula is C14H12ClFN4O. The summed E-state index contributed by atoms with van der Waals surface area (Å²) in [6, 6.07) is 5.89. The maximum Gasteiger partial charge on any atom is 0.220 e. The van der Waals surface area contributed by atoms with E-state index in [0.29, 0.717) is 23.5 Å². The van der Waals surface area contributed by atoms with Crippen molar-refractivity contribution in [1.29, 1.82) is 5.26 Å². The zero-order valence-corrected chi connectivity index (χ0v) is 12.0. The van der Waals surface area contributed by atoms with E-state index in [-0.39, 0.29) is 23.2 Å². The number of imidazole rings is 1. The van der Waals surface area contributed by atoms with E-state index in [2.05, 4.69) is 15.3 Å². The van der Waals surface area contributed by atoms with Gasteiger partial charge >= 0.3 is 0 Å². The molecule has 1 aromatic heterocycles. The average molecular weight is 307 g/mol. The third kappa shape index (κ3) is 3.38. The first-order valence-corrected chi connectivity index (χ1v) is 6.64. The number of halogens is 2. The van der Waals surface area contributed by atoms with Gasteiger partial charge in [-0.1, -0.05) is 24.6 Å². The molecule has 0 spiro atoms. The molecule has 1 heterocycles. The van der Waals surface area contributed by atoms with Crippen LogP contribution < -0.4 is 5.32 Å². The quantitative estimate of drug-likeness (QED) is 0.911. The molecule has 21 heavy (non-hydrogen) atoms. The first-order valence-electron chi connectivity index (χ1n) is 6.26. The summed E-state index contributed by atoms with van der Waals surface area (Å²) >= 11 is 6.04. The van der Waals surface area contributed by atoms with Crippen LogP contribution in [0.2, 0.25) is 5.15 Å². The molecule has 2 rings (SSSR count). The number of hydrogen-bond acceptors (Lipinski definition) is 3. The number of nitrogens with zero attached hydrogens (tertiary/aromatic N) is 2. The fraction of sp³-hybridized carbons (Fsp3) is 0.214. The highest BCUT2D eigenvalue weighted by Crippen LogP contribution is 2.26. The van der Waals surface area contributed by atoms with Crippen molar-refractivity contribution >= 4 is 17.5 Å². The van der Waals surface area contributed by atoms with Crippen molar-refractivity contribution in [3.63, 3.8) is 0 Å². The predicted molar refractivity (Wildman–Crippen MR) is 75.8 cm³/mol. The highest BCUT2D eigenvalue weighted by molar-refractivity contribution is 6.31. The zero-order chi connectivity index (χ0) is 15.4. The van der Waals surface area contributed by atoms with Gasteiger partial charge in [0.05, 0.1) is 12.1 Å². The summed E-state index contributed by atoms with van der Waals surface area (Å²) in [7, 11) is 0. The Labute approximate surface area is 125 Å². The molecule has 0 aliphatic rings. The Kier molecular flexibility index (Phi) is 4.55. The maximum absolute atomic E-state index is 13.6. The van der Waals surface area contributed by atoms with E-state index in [0.717, 1.165) is 0 Å². The molecule has 1 aromatic carbocycles. The van der Waals surface area contributed by atoms with Crippen LogP contribution in [-0.4, -0.2) is 15.9 Å². The third-order valence-corrected chi connectivity index (χ3v) is 3.12. The smallest absolute Gasteiger partial charge is 0.220 e. The Hall–Kier alpha value is -2.39. The van der Waals surface area contributed by atoms with Gasteiger partial charge in [-0.2, -0.15) is 5.26 Å². The molecule has 1 amide bonds. The minimum atomic E-state index is -0.630. The van der Waals surface area contributed by atoms with Crippen LogP contribution in [-0.2, 0) is 11.3 Å². The summed E-state index contributed by atoms with van der Waals surface area (Å²) in [5, 5.41) is 11.6. The van der Waals surface area contributed by atoms with E-state index >= 15 is 0 Å². The third-order valence-electron chi connectivity index (χ3n) is 2.85. The summed E-state index contributed by atoms with van der Waals surface area (Å²) in [6.07, 6.45) is 0.377. The molecule has 2 aromatic rings. The van der Waals surface area contributed by atoms with Gasteiger partial charge in [-0.3, -0.25) is 4.79 Å². The Morgan fingerprint density at radius 3 is 2.95 bits per heavy atom. The van der Waals surface area contributed by atoms with Gasteiger partial charge in [0.15, 0.2) is 0 Å². The molecule has 0 saturated carbocycles. The zero-order valence-electron chi connectivity index (χ0n) is 11.2. The van der Waals surface area contributed by atoms with Crippen molar-refractivity contribution in [1.82, 2.24) is 15.3 Å². The lowest BCUT2D eigenvalue weighted by atomic mass is 10.1. The number of nitrogens with one attached hydrogen (secondary N) is 2. The molecule has 0 atom stereocenters. The minimum absolute atomic E-state index is 0.0409. The first-order chi connectivity index (χ1) is 10.0. The normalized spacial score (nSPS) is 10.2. The van der Waals surface area contributed by atoms with Gasteiger partial charge in [0.25, 0.3) is 0 Å². The topological polar surface area (TPSA) is 81.6 Å². The number of aromatic amines is 1. The van der Waals surface area contributed by atoms with Crippen LogP contribution in [0.15, 0.2) is 18.2 Å². The van der Waals surface area contributed by atoms with Gasteiger partial charge in [0.1, 0.15) is 28.6 Å². The van der Waals surface area contributed by atoms with Crippen molar-refractivity contribution in [2.75, 3.05) is 0 Å². The van der Waals surface area contributed by atoms with Gasteiger partial charge in [0.2, 0.25) is 5.91 Å². The highest BCUT2D eigenvalue weighted by Gasteiger charge is 2.13. The van der Waals surface area contributed by atoms with E-state index in [1.165, 1.54) is 12.1 Å². The lowest BCUT2D eigenvalue weighted by Crippen LogP contribution is -2.22. The summed E-state index contributed by atoms with van der Waals surface area (Å²) in [4.78, 5) is 18.2. The second kappa shape index (κ2) is 6.37. The fourth-order valence-corrected chi connectivity index (χ4v) is 1.99. The van der Waals surface area contributed by atoms with Gasteiger partial charge in [-0.25, -0.2) is 9.37 Å². The molecule has 0 saturated heterocycles. The molecule has 0 aliphatic carbocycles. The van der Waals surface area contributed by atoms with E-state index in [1.807, 2.05) is 0 Å². The monoisotopic (exact) mass is 306 g/mol. The Morgan fingerprint density at radius 2 is 2.33 bits per heavy atom. The number of rotatable bonds is 4. The fourth-order valence-electron chi connectivity index (χ4n) is 1.73. The number of hydrogen-bond donors (Lipinski definition) is 2. The van der Waals surface area contributed by atoms with Gasteiger partial charge in [-0.05, 0) is 12.1 Å². The van der Waals surface area contributed by atoms with Crippen LogP contribution in [0.4, 0.5) is 4.39 Å². The van der Waals surface area contributed by atoms with Crippen LogP contribution in [0.5, 0.6) is 0 Å². The SMILES string of the molecule is CCC(=O)NCc1nc(-c2ccc(C#N)c(F)c2)c(Cl)[nH]1. The number of aromatic nitrogens is 2. The van der Waals surface area contributed by atoms with Crippen LogP contribution >= 0.6 is 11.6 Å². The maximum atomic E-state index is 13.6. The van der Waals surface area contributed by atoms with E-state index < -0.39 is 5.82 Å². The summed E-state index contributed by atoms with van der Waals surface area (Å²) < 4.78 is 13.6. The molecule has 0 aliphatic heterocycles. The molecule has 7 heteroatoms. The van der Waals surface area contributed by atoms with Crippen molar-refractivity contribution in [3.05, 3.63) is 40.6 Å². The lowest BCUT2D eigenvalue weighted by Gasteiger charge is -2.00. The number of carbonyl (C=O) groups is 1. The largest absolute Gasteiger partial charge is 0.349 e. The number of amides is 1. The number of nitriles is 1. The van der Waals surface area contributed by atoms with Crippen molar-refractivity contribution in [2.24, 2.45) is 0 Å². The second-order valence-electron chi connectivity index (χ2n) is 4.28. The lowest BCUT2D eigenvalue weighted by molar-refractivity contribution is -0.120. The van der Waals surface area contributed by atoms with Crippen molar-refractivity contribution in [2.45, 2.75) is 19.9 Å². The van der Waals surface area contributed by atoms with Crippen LogP contribution in [0.3, 0.4) is 0 Å². The average Bonchev–Trinajstić information content (AvgIpc) is 2.85. The molecule has 0 fully saturated rings. The van der Waals surface area contributed by atoms with Crippen LogP contribution in [0, 0.1) is 17.1 Å². The van der Waals surface area contributed by atoms with Crippen LogP contribution in [0.1, 0.15) is 24.7 Å². The molecular weight excluding hydrogens is 295 g/mol. The van der Waals surface area contributed by atoms with Gasteiger partial charge in [-0.15, -0.1) is 0 Å². The predicted octanol–water partition coefficient (Wildman–Crippen LogP) is 2.77. The van der Waals surface area contributed by atoms with Crippen molar-refractivity contribution < 1.29 is 9.18 Å². The van der Waals surface area contributed by atoms with E-state index in [4.69, 9.17) is 16.9 Å². The van der Waals surface area contributed by atoms with Crippen molar-refractivity contribution in [3.8, 4) is 17.3 Å². The van der Waals surface area contributed by atoms with Crippen LogP contribution in [0.25, 0.3) is 11.3 Å². The number of benzene rings is 1. The highest BCUT2D eigenvalue weighted by atomic mass is 35.5. The molecule has 0 bridgehead atoms. The molecule has 2 N–H and O–H groups in total. The standard InChI is InChI=1S/C14H12ClFN4O/c1-2-12(21)18-7-11-19-13(14(15)20-11)8-3-4-9(6-17)10(16)5-8/h3-5H,2,7H2,1H3,(H,18,21)(H,19,20). The molecule has 108 valence electrons. The summed E-state index contributed by atoms with van der Waals surface area (Å²) in [5.41, 5.74) is 0.794. The van der Waals surface area contributed by atoms with E-state index in [9.17, 15) is 9.18 Å². The molecule has 5 nitrogen and oxygen atoms in total. The van der Waals surface area contributed by atoms with Gasteiger partial charge in [0, 0.05) is 12.0 Å². The second-order valence-corrected chi connectivity index (χ2v) is 4.66. The Balaban J connectivity index is 2.25. The van der Waals surface area contributed by atoms with E-state index in [1.54, 1.807) is 19.1 Å². The summed E-state index contributed by atoms with van der Waals surface area (Å²) in [6.45, 7) is 1.96. The number of carbonyl (C=O) groups excluding carboxylic acids is 1. The molecule has 0 unspecified atom stereocenters. The molecule has 0 radical (unpaired) electrons. The minimum Gasteiger partial charge on any atom is -0.349 e. The Bertz CT molecular complexity index is 720. The number of H-pyrrole nitrogens is 1.